The number of hydrogen-bond donors (Lipinski definition) is 1. The Morgan fingerprint density at radius 1 is 1.47 bits per heavy atom. The molecule has 0 amide bonds. The van der Waals surface area contributed by atoms with Crippen LogP contribution < -0.4 is 5.73 Å². The zero-order valence-corrected chi connectivity index (χ0v) is 14.2. The van der Waals surface area contributed by atoms with Crippen LogP contribution in [0.1, 0.15) is 18.6 Å². The van der Waals surface area contributed by atoms with Gasteiger partial charge in [0, 0.05) is 44.0 Å². The van der Waals surface area contributed by atoms with E-state index in [1.54, 1.807) is 0 Å². The fourth-order valence-corrected chi connectivity index (χ4v) is 2.60. The lowest BCUT2D eigenvalue weighted by Gasteiger charge is -2.27. The Balaban J connectivity index is 0.00000180. The Morgan fingerprint density at radius 3 is 2.84 bits per heavy atom. The summed E-state index contributed by atoms with van der Waals surface area (Å²) in [4.78, 5) is 10.7. The summed E-state index contributed by atoms with van der Waals surface area (Å²) < 4.78 is 5.03. The molecule has 0 saturated carbocycles. The molecule has 1 aliphatic heterocycles. The summed E-state index contributed by atoms with van der Waals surface area (Å²) in [7, 11) is 0. The second-order valence-electron chi connectivity index (χ2n) is 4.05. The van der Waals surface area contributed by atoms with Crippen molar-refractivity contribution in [3.63, 3.8) is 0 Å². The van der Waals surface area contributed by atoms with Gasteiger partial charge >= 0.3 is 0 Å². The SMILES string of the molecule is CCc1nc(CCN=C(N)N2CCSCC2)no1.I. The van der Waals surface area contributed by atoms with Gasteiger partial charge in [0.1, 0.15) is 0 Å². The van der Waals surface area contributed by atoms with Crippen molar-refractivity contribution >= 4 is 41.7 Å². The molecular formula is C11H20IN5OS. The minimum absolute atomic E-state index is 0. The maximum Gasteiger partial charge on any atom is 0.226 e. The first-order valence-electron chi connectivity index (χ1n) is 6.23. The van der Waals surface area contributed by atoms with E-state index in [4.69, 9.17) is 10.3 Å². The van der Waals surface area contributed by atoms with Crippen LogP contribution in [0.4, 0.5) is 0 Å². The van der Waals surface area contributed by atoms with Crippen molar-refractivity contribution in [1.82, 2.24) is 15.0 Å². The highest BCUT2D eigenvalue weighted by atomic mass is 127. The number of guanidine groups is 1. The summed E-state index contributed by atoms with van der Waals surface area (Å²) in [5.74, 6) is 4.27. The smallest absolute Gasteiger partial charge is 0.226 e. The van der Waals surface area contributed by atoms with Crippen LogP contribution in [-0.2, 0) is 12.8 Å². The van der Waals surface area contributed by atoms with Crippen molar-refractivity contribution in [2.45, 2.75) is 19.8 Å². The third-order valence-corrected chi connectivity index (χ3v) is 3.70. The Hall–Kier alpha value is -0.510. The molecule has 2 N–H and O–H groups in total. The average Bonchev–Trinajstić information content (AvgIpc) is 2.87. The Morgan fingerprint density at radius 2 is 2.21 bits per heavy atom. The number of aliphatic imine (C=N–C) groups is 1. The number of aromatic nitrogens is 2. The molecule has 8 heteroatoms. The van der Waals surface area contributed by atoms with Gasteiger partial charge in [-0.2, -0.15) is 16.7 Å². The van der Waals surface area contributed by atoms with Gasteiger partial charge in [0.15, 0.2) is 11.8 Å². The molecular weight excluding hydrogens is 377 g/mol. The fraction of sp³-hybridized carbons (Fsp3) is 0.727. The topological polar surface area (TPSA) is 80.5 Å². The molecule has 0 unspecified atom stereocenters. The van der Waals surface area contributed by atoms with Crippen molar-refractivity contribution in [3.8, 4) is 0 Å². The lowest BCUT2D eigenvalue weighted by Crippen LogP contribution is -2.42. The molecule has 0 aromatic carbocycles. The van der Waals surface area contributed by atoms with Crippen molar-refractivity contribution < 1.29 is 4.52 Å². The quantitative estimate of drug-likeness (QED) is 0.467. The number of thioether (sulfide) groups is 1. The van der Waals surface area contributed by atoms with Crippen molar-refractivity contribution in [1.29, 1.82) is 0 Å². The highest BCUT2D eigenvalue weighted by Gasteiger charge is 2.12. The van der Waals surface area contributed by atoms with Gasteiger partial charge in [-0.3, -0.25) is 4.99 Å². The molecule has 19 heavy (non-hydrogen) atoms. The van der Waals surface area contributed by atoms with E-state index < -0.39 is 0 Å². The Labute approximate surface area is 134 Å². The first kappa shape index (κ1) is 16.5. The summed E-state index contributed by atoms with van der Waals surface area (Å²) in [6, 6.07) is 0. The van der Waals surface area contributed by atoms with Crippen LogP contribution in [0, 0.1) is 0 Å². The molecule has 1 aromatic heterocycles. The molecule has 0 spiro atoms. The molecule has 2 rings (SSSR count). The summed E-state index contributed by atoms with van der Waals surface area (Å²) in [6.07, 6.45) is 1.44. The van der Waals surface area contributed by atoms with Crippen LogP contribution in [0.3, 0.4) is 0 Å². The third-order valence-electron chi connectivity index (χ3n) is 2.76. The van der Waals surface area contributed by atoms with Gasteiger partial charge in [-0.15, -0.1) is 24.0 Å². The first-order valence-corrected chi connectivity index (χ1v) is 7.39. The Kier molecular flexibility index (Phi) is 7.51. The summed E-state index contributed by atoms with van der Waals surface area (Å²) in [5.41, 5.74) is 5.95. The van der Waals surface area contributed by atoms with E-state index in [-0.39, 0.29) is 24.0 Å². The highest BCUT2D eigenvalue weighted by molar-refractivity contribution is 14.0. The average molecular weight is 397 g/mol. The molecule has 0 atom stereocenters. The summed E-state index contributed by atoms with van der Waals surface area (Å²) >= 11 is 1.96. The van der Waals surface area contributed by atoms with Crippen LogP contribution in [0.25, 0.3) is 0 Å². The zero-order chi connectivity index (χ0) is 12.8. The molecule has 1 saturated heterocycles. The van der Waals surface area contributed by atoms with Crippen LogP contribution in [-0.4, -0.2) is 52.1 Å². The predicted octanol–water partition coefficient (Wildman–Crippen LogP) is 1.16. The fourth-order valence-electron chi connectivity index (χ4n) is 1.70. The first-order chi connectivity index (χ1) is 8.79. The highest BCUT2D eigenvalue weighted by Crippen LogP contribution is 2.08. The predicted molar refractivity (Wildman–Crippen MR) is 88.2 cm³/mol. The van der Waals surface area contributed by atoms with Crippen LogP contribution >= 0.6 is 35.7 Å². The van der Waals surface area contributed by atoms with E-state index in [2.05, 4.69) is 20.0 Å². The maximum absolute atomic E-state index is 5.95. The van der Waals surface area contributed by atoms with Crippen LogP contribution in [0.2, 0.25) is 0 Å². The van der Waals surface area contributed by atoms with Crippen molar-refractivity contribution in [2.75, 3.05) is 31.1 Å². The number of halogens is 1. The lowest BCUT2D eigenvalue weighted by molar-refractivity contribution is 0.376. The minimum atomic E-state index is 0. The third kappa shape index (κ3) is 5.17. The van der Waals surface area contributed by atoms with E-state index in [1.165, 1.54) is 0 Å². The van der Waals surface area contributed by atoms with E-state index in [1.807, 2.05) is 18.7 Å². The Bertz CT molecular complexity index is 406. The van der Waals surface area contributed by atoms with Gasteiger partial charge in [0.25, 0.3) is 0 Å². The standard InChI is InChI=1S/C11H19N5OS.HI/c1-2-10-14-9(15-17-10)3-4-13-11(12)16-5-7-18-8-6-16;/h2-8H2,1H3,(H2,12,13);1H. The van der Waals surface area contributed by atoms with Crippen molar-refractivity contribution in [2.24, 2.45) is 10.7 Å². The zero-order valence-electron chi connectivity index (χ0n) is 11.0. The summed E-state index contributed by atoms with van der Waals surface area (Å²) in [5, 5.41) is 3.88. The lowest BCUT2D eigenvalue weighted by atomic mass is 10.4. The largest absolute Gasteiger partial charge is 0.370 e. The van der Waals surface area contributed by atoms with Crippen LogP contribution in [0.15, 0.2) is 9.52 Å². The van der Waals surface area contributed by atoms with E-state index in [0.717, 1.165) is 31.0 Å². The number of hydrogen-bond acceptors (Lipinski definition) is 5. The monoisotopic (exact) mass is 397 g/mol. The van der Waals surface area contributed by atoms with Gasteiger partial charge in [-0.25, -0.2) is 0 Å². The maximum atomic E-state index is 5.95. The van der Waals surface area contributed by atoms with Gasteiger partial charge < -0.3 is 15.2 Å². The van der Waals surface area contributed by atoms with Gasteiger partial charge in [0.05, 0.1) is 0 Å². The molecule has 0 aliphatic carbocycles. The van der Waals surface area contributed by atoms with E-state index in [0.29, 0.717) is 30.6 Å². The summed E-state index contributed by atoms with van der Waals surface area (Å²) in [6.45, 7) is 4.57. The molecule has 6 nitrogen and oxygen atoms in total. The number of aryl methyl sites for hydroxylation is 1. The van der Waals surface area contributed by atoms with Gasteiger partial charge in [-0.1, -0.05) is 12.1 Å². The molecule has 108 valence electrons. The normalized spacial score (nSPS) is 16.3. The minimum Gasteiger partial charge on any atom is -0.370 e. The molecule has 1 aliphatic rings. The van der Waals surface area contributed by atoms with Crippen LogP contribution in [0.5, 0.6) is 0 Å². The van der Waals surface area contributed by atoms with Crippen molar-refractivity contribution in [3.05, 3.63) is 11.7 Å². The van der Waals surface area contributed by atoms with E-state index in [9.17, 15) is 0 Å². The second-order valence-corrected chi connectivity index (χ2v) is 5.27. The molecule has 1 fully saturated rings. The molecule has 0 radical (unpaired) electrons. The second kappa shape index (κ2) is 8.62. The molecule has 0 bridgehead atoms. The van der Waals surface area contributed by atoms with Gasteiger partial charge in [-0.05, 0) is 0 Å². The number of rotatable bonds is 4. The number of nitrogens with two attached hydrogens (primary N) is 1. The van der Waals surface area contributed by atoms with E-state index >= 15 is 0 Å². The molecule has 2 heterocycles. The molecule has 1 aromatic rings. The number of nitrogens with zero attached hydrogens (tertiary/aromatic N) is 4. The van der Waals surface area contributed by atoms with Gasteiger partial charge in [0.2, 0.25) is 5.89 Å².